The maximum Gasteiger partial charge on any atom is 0.416 e. The minimum atomic E-state index is -4.38. The lowest BCUT2D eigenvalue weighted by Crippen LogP contribution is -2.51. The SMILES string of the molecule is C[C@]12CC[C@H]3[C@@H](CCC4=CC(=O)CC[C@@]43C)[C@@H]1CC[C@@H]2C(=O)Nc1ccc(C(F)(F)F)cc1. The van der Waals surface area contributed by atoms with Crippen molar-refractivity contribution in [1.82, 2.24) is 0 Å². The molecule has 5 rings (SSSR count). The molecular weight excluding hydrogens is 427 g/mol. The van der Waals surface area contributed by atoms with Gasteiger partial charge in [0.25, 0.3) is 0 Å². The molecule has 1 aromatic rings. The number of carbonyl (C=O) groups is 2. The second kappa shape index (κ2) is 7.71. The summed E-state index contributed by atoms with van der Waals surface area (Å²) in [5.74, 6) is 1.70. The van der Waals surface area contributed by atoms with Crippen LogP contribution in [0.15, 0.2) is 35.9 Å². The smallest absolute Gasteiger partial charge is 0.326 e. The van der Waals surface area contributed by atoms with Crippen molar-refractivity contribution < 1.29 is 22.8 Å². The highest BCUT2D eigenvalue weighted by Crippen LogP contribution is 2.66. The number of nitrogens with one attached hydrogen (secondary N) is 1. The van der Waals surface area contributed by atoms with E-state index in [1.165, 1.54) is 17.7 Å². The lowest BCUT2D eigenvalue weighted by atomic mass is 9.47. The average molecular weight is 460 g/mol. The van der Waals surface area contributed by atoms with Crippen molar-refractivity contribution in [3.8, 4) is 0 Å². The molecule has 4 aliphatic rings. The normalized spacial score (nSPS) is 38.1. The van der Waals surface area contributed by atoms with Gasteiger partial charge in [-0.05, 0) is 104 Å². The monoisotopic (exact) mass is 459 g/mol. The molecule has 1 N–H and O–H groups in total. The van der Waals surface area contributed by atoms with Crippen molar-refractivity contribution in [1.29, 1.82) is 0 Å². The topological polar surface area (TPSA) is 46.2 Å². The third-order valence-electron chi connectivity index (χ3n) is 9.76. The first-order chi connectivity index (χ1) is 15.5. The van der Waals surface area contributed by atoms with E-state index in [4.69, 9.17) is 0 Å². The molecule has 3 fully saturated rings. The summed E-state index contributed by atoms with van der Waals surface area (Å²) in [6.45, 7) is 4.62. The first kappa shape index (κ1) is 22.7. The number of allylic oxidation sites excluding steroid dienone is 1. The van der Waals surface area contributed by atoms with Crippen molar-refractivity contribution in [2.24, 2.45) is 34.5 Å². The molecule has 6 atom stereocenters. The average Bonchev–Trinajstić information content (AvgIpc) is 3.11. The van der Waals surface area contributed by atoms with Gasteiger partial charge in [-0.2, -0.15) is 13.2 Å². The summed E-state index contributed by atoms with van der Waals surface area (Å²) in [5, 5.41) is 2.90. The first-order valence-electron chi connectivity index (χ1n) is 12.2. The maximum absolute atomic E-state index is 13.3. The zero-order valence-corrected chi connectivity index (χ0v) is 19.3. The van der Waals surface area contributed by atoms with Gasteiger partial charge in [0.2, 0.25) is 5.91 Å². The molecule has 178 valence electrons. The molecule has 33 heavy (non-hydrogen) atoms. The number of anilines is 1. The lowest BCUT2D eigenvalue weighted by molar-refractivity contribution is -0.137. The zero-order chi connectivity index (χ0) is 23.6. The third-order valence-corrected chi connectivity index (χ3v) is 9.76. The van der Waals surface area contributed by atoms with E-state index >= 15 is 0 Å². The zero-order valence-electron chi connectivity index (χ0n) is 19.3. The summed E-state index contributed by atoms with van der Waals surface area (Å²) in [5.41, 5.74) is 1.08. The lowest BCUT2D eigenvalue weighted by Gasteiger charge is -2.58. The second-order valence-corrected chi connectivity index (χ2v) is 11.2. The number of alkyl halides is 3. The number of rotatable bonds is 2. The Bertz CT molecular complexity index is 998. The molecular formula is C27H32F3NO2. The fourth-order valence-electron chi connectivity index (χ4n) is 7.96. The fourth-order valence-corrected chi connectivity index (χ4v) is 7.96. The second-order valence-electron chi connectivity index (χ2n) is 11.2. The van der Waals surface area contributed by atoms with E-state index in [0.29, 0.717) is 29.9 Å². The Morgan fingerprint density at radius 1 is 0.970 bits per heavy atom. The molecule has 1 aromatic carbocycles. The van der Waals surface area contributed by atoms with Crippen LogP contribution >= 0.6 is 0 Å². The molecule has 0 unspecified atom stereocenters. The summed E-state index contributed by atoms with van der Waals surface area (Å²) < 4.78 is 38.5. The van der Waals surface area contributed by atoms with Gasteiger partial charge in [-0.15, -0.1) is 0 Å². The Morgan fingerprint density at radius 3 is 2.39 bits per heavy atom. The van der Waals surface area contributed by atoms with Crippen molar-refractivity contribution in [3.05, 3.63) is 41.5 Å². The highest BCUT2D eigenvalue weighted by Gasteiger charge is 2.60. The van der Waals surface area contributed by atoms with Gasteiger partial charge in [-0.3, -0.25) is 9.59 Å². The molecule has 0 spiro atoms. The van der Waals surface area contributed by atoms with E-state index in [0.717, 1.165) is 57.1 Å². The van der Waals surface area contributed by atoms with Crippen LogP contribution < -0.4 is 5.32 Å². The van der Waals surface area contributed by atoms with Crippen LogP contribution in [0.1, 0.15) is 70.8 Å². The fraction of sp³-hybridized carbons (Fsp3) is 0.630. The number of benzene rings is 1. The number of carbonyl (C=O) groups excluding carboxylic acids is 2. The van der Waals surface area contributed by atoms with Crippen LogP contribution in [0.4, 0.5) is 18.9 Å². The predicted octanol–water partition coefficient (Wildman–Crippen LogP) is 6.79. The molecule has 1 amide bonds. The molecule has 0 aromatic heterocycles. The van der Waals surface area contributed by atoms with E-state index in [9.17, 15) is 22.8 Å². The number of hydrogen-bond donors (Lipinski definition) is 1. The molecule has 3 saturated carbocycles. The van der Waals surface area contributed by atoms with Crippen LogP contribution in [0.3, 0.4) is 0 Å². The van der Waals surface area contributed by atoms with Gasteiger partial charge in [0.15, 0.2) is 5.78 Å². The van der Waals surface area contributed by atoms with E-state index in [1.807, 2.05) is 6.08 Å². The molecule has 4 aliphatic carbocycles. The molecule has 0 radical (unpaired) electrons. The Labute approximate surface area is 193 Å². The van der Waals surface area contributed by atoms with Gasteiger partial charge in [0, 0.05) is 18.0 Å². The quantitative estimate of drug-likeness (QED) is 0.529. The van der Waals surface area contributed by atoms with Crippen LogP contribution in [0.2, 0.25) is 0 Å². The van der Waals surface area contributed by atoms with E-state index < -0.39 is 11.7 Å². The predicted molar refractivity (Wildman–Crippen MR) is 120 cm³/mol. The standard InChI is InChI=1S/C27H32F3NO2/c1-25-13-11-19(32)15-17(25)5-8-20-21-9-10-23(26(21,2)14-12-22(20)25)24(33)31-18-6-3-16(4-7-18)27(28,29)30/h3-4,6-7,15,20-23H,5,8-14H2,1-2H3,(H,31,33)/t20-,21-,22-,23+,25-,26-/m0/s1. The molecule has 3 nitrogen and oxygen atoms in total. The van der Waals surface area contributed by atoms with Crippen LogP contribution in [0.5, 0.6) is 0 Å². The van der Waals surface area contributed by atoms with Crippen molar-refractivity contribution >= 4 is 17.4 Å². The van der Waals surface area contributed by atoms with Gasteiger partial charge in [-0.1, -0.05) is 19.4 Å². The van der Waals surface area contributed by atoms with Crippen LogP contribution in [0, 0.1) is 34.5 Å². The first-order valence-corrected chi connectivity index (χ1v) is 12.2. The van der Waals surface area contributed by atoms with E-state index in [2.05, 4.69) is 19.2 Å². The molecule has 0 saturated heterocycles. The Kier molecular flexibility index (Phi) is 5.30. The van der Waals surface area contributed by atoms with E-state index in [-0.39, 0.29) is 28.4 Å². The number of halogens is 3. The van der Waals surface area contributed by atoms with Gasteiger partial charge >= 0.3 is 6.18 Å². The number of amides is 1. The van der Waals surface area contributed by atoms with Gasteiger partial charge in [0.1, 0.15) is 0 Å². The van der Waals surface area contributed by atoms with Crippen LogP contribution in [-0.4, -0.2) is 11.7 Å². The molecule has 0 bridgehead atoms. The summed E-state index contributed by atoms with van der Waals surface area (Å²) >= 11 is 0. The highest BCUT2D eigenvalue weighted by molar-refractivity contribution is 5.93. The van der Waals surface area contributed by atoms with Crippen LogP contribution in [0.25, 0.3) is 0 Å². The summed E-state index contributed by atoms with van der Waals surface area (Å²) in [4.78, 5) is 25.3. The maximum atomic E-state index is 13.3. The Balaban J connectivity index is 1.32. The van der Waals surface area contributed by atoms with Crippen molar-refractivity contribution in [2.75, 3.05) is 5.32 Å². The summed E-state index contributed by atoms with van der Waals surface area (Å²) in [6, 6.07) is 4.71. The molecule has 0 aliphatic heterocycles. The number of ketones is 1. The van der Waals surface area contributed by atoms with Gasteiger partial charge < -0.3 is 5.32 Å². The Hall–Kier alpha value is -2.11. The molecule has 0 heterocycles. The van der Waals surface area contributed by atoms with Gasteiger partial charge in [0.05, 0.1) is 5.56 Å². The van der Waals surface area contributed by atoms with E-state index in [1.54, 1.807) is 0 Å². The minimum Gasteiger partial charge on any atom is -0.326 e. The van der Waals surface area contributed by atoms with Gasteiger partial charge in [-0.25, -0.2) is 0 Å². The highest BCUT2D eigenvalue weighted by atomic mass is 19.4. The number of hydrogen-bond acceptors (Lipinski definition) is 2. The minimum absolute atomic E-state index is 0.0657. The summed E-state index contributed by atoms with van der Waals surface area (Å²) in [7, 11) is 0. The van der Waals surface area contributed by atoms with Crippen LogP contribution in [-0.2, 0) is 15.8 Å². The van der Waals surface area contributed by atoms with Crippen molar-refractivity contribution in [2.45, 2.75) is 71.4 Å². The number of fused-ring (bicyclic) bond motifs is 5. The summed E-state index contributed by atoms with van der Waals surface area (Å²) in [6.07, 6.45) is 5.11. The Morgan fingerprint density at radius 2 is 1.70 bits per heavy atom. The third kappa shape index (κ3) is 3.64. The molecule has 6 heteroatoms. The van der Waals surface area contributed by atoms with Crippen molar-refractivity contribution in [3.63, 3.8) is 0 Å². The largest absolute Gasteiger partial charge is 0.416 e.